The minimum absolute atomic E-state index is 0.267. The summed E-state index contributed by atoms with van der Waals surface area (Å²) in [5, 5.41) is 4.83. The van der Waals surface area contributed by atoms with E-state index in [1.807, 2.05) is 12.3 Å². The summed E-state index contributed by atoms with van der Waals surface area (Å²) in [7, 11) is 0. The van der Waals surface area contributed by atoms with Crippen LogP contribution < -0.4 is 5.32 Å². The minimum atomic E-state index is 0.267. The minimum Gasteiger partial charge on any atom is -0.361 e. The summed E-state index contributed by atoms with van der Waals surface area (Å²) in [5.74, 6) is 1.00. The molecule has 1 unspecified atom stereocenters. The molecule has 98 valence electrons. The highest BCUT2D eigenvalue weighted by Crippen LogP contribution is 2.19. The van der Waals surface area contributed by atoms with E-state index < -0.39 is 0 Å². The SMILES string of the molecule is CCC(NCc1c[nH]c2ccccc12)c1ncc[nH]1. The van der Waals surface area contributed by atoms with Crippen LogP contribution >= 0.6 is 0 Å². The first-order valence-corrected chi connectivity index (χ1v) is 6.66. The van der Waals surface area contributed by atoms with Gasteiger partial charge in [0.25, 0.3) is 0 Å². The molecule has 2 aromatic heterocycles. The molecule has 1 atom stereocenters. The van der Waals surface area contributed by atoms with Crippen molar-refractivity contribution in [2.75, 3.05) is 0 Å². The van der Waals surface area contributed by atoms with E-state index in [0.717, 1.165) is 18.8 Å². The fourth-order valence-corrected chi connectivity index (χ4v) is 2.41. The Kier molecular flexibility index (Phi) is 3.33. The summed E-state index contributed by atoms with van der Waals surface area (Å²) in [5.41, 5.74) is 2.48. The highest BCUT2D eigenvalue weighted by Gasteiger charge is 2.11. The maximum Gasteiger partial charge on any atom is 0.123 e. The Balaban J connectivity index is 1.75. The van der Waals surface area contributed by atoms with Crippen LogP contribution in [0.5, 0.6) is 0 Å². The van der Waals surface area contributed by atoms with Crippen LogP contribution in [-0.2, 0) is 6.54 Å². The number of hydrogen-bond acceptors (Lipinski definition) is 2. The van der Waals surface area contributed by atoms with Gasteiger partial charge in [0.1, 0.15) is 5.82 Å². The van der Waals surface area contributed by atoms with Gasteiger partial charge in [-0.2, -0.15) is 0 Å². The molecule has 0 radical (unpaired) electrons. The van der Waals surface area contributed by atoms with E-state index in [4.69, 9.17) is 0 Å². The maximum absolute atomic E-state index is 4.32. The van der Waals surface area contributed by atoms with Gasteiger partial charge in [0.15, 0.2) is 0 Å². The summed E-state index contributed by atoms with van der Waals surface area (Å²) in [6.45, 7) is 3.00. The second-order valence-corrected chi connectivity index (χ2v) is 4.68. The first-order chi connectivity index (χ1) is 9.38. The molecule has 0 aliphatic rings. The Labute approximate surface area is 112 Å². The molecule has 0 saturated carbocycles. The van der Waals surface area contributed by atoms with Crippen molar-refractivity contribution in [2.24, 2.45) is 0 Å². The highest BCUT2D eigenvalue weighted by atomic mass is 15.0. The number of rotatable bonds is 5. The van der Waals surface area contributed by atoms with Crippen LogP contribution in [-0.4, -0.2) is 15.0 Å². The van der Waals surface area contributed by atoms with Gasteiger partial charge in [0, 0.05) is 36.0 Å². The molecule has 3 aromatic rings. The van der Waals surface area contributed by atoms with Gasteiger partial charge >= 0.3 is 0 Å². The lowest BCUT2D eigenvalue weighted by Crippen LogP contribution is -2.21. The van der Waals surface area contributed by atoms with E-state index in [9.17, 15) is 0 Å². The van der Waals surface area contributed by atoms with E-state index in [1.165, 1.54) is 16.5 Å². The predicted molar refractivity (Wildman–Crippen MR) is 76.8 cm³/mol. The predicted octanol–water partition coefficient (Wildman–Crippen LogP) is 3.13. The van der Waals surface area contributed by atoms with Gasteiger partial charge < -0.3 is 15.3 Å². The first kappa shape index (κ1) is 12.0. The third-order valence-electron chi connectivity index (χ3n) is 3.47. The maximum atomic E-state index is 4.32. The fraction of sp³-hybridized carbons (Fsp3) is 0.267. The Morgan fingerprint density at radius 2 is 2.16 bits per heavy atom. The summed E-state index contributed by atoms with van der Waals surface area (Å²) in [6, 6.07) is 8.64. The van der Waals surface area contributed by atoms with Crippen LogP contribution in [0.15, 0.2) is 42.9 Å². The van der Waals surface area contributed by atoms with Crippen LogP contribution in [0.25, 0.3) is 10.9 Å². The van der Waals surface area contributed by atoms with Crippen molar-refractivity contribution in [1.29, 1.82) is 0 Å². The molecule has 0 fully saturated rings. The quantitative estimate of drug-likeness (QED) is 0.655. The van der Waals surface area contributed by atoms with Crippen molar-refractivity contribution in [2.45, 2.75) is 25.9 Å². The van der Waals surface area contributed by atoms with Crippen LogP contribution in [0.3, 0.4) is 0 Å². The van der Waals surface area contributed by atoms with E-state index in [2.05, 4.69) is 51.6 Å². The lowest BCUT2D eigenvalue weighted by atomic mass is 10.1. The summed E-state index contributed by atoms with van der Waals surface area (Å²) in [6.07, 6.45) is 6.75. The summed E-state index contributed by atoms with van der Waals surface area (Å²) >= 11 is 0. The number of nitrogens with one attached hydrogen (secondary N) is 3. The van der Waals surface area contributed by atoms with Gasteiger partial charge in [-0.05, 0) is 18.1 Å². The second kappa shape index (κ2) is 5.28. The Morgan fingerprint density at radius 1 is 1.26 bits per heavy atom. The van der Waals surface area contributed by atoms with E-state index in [-0.39, 0.29) is 6.04 Å². The largest absolute Gasteiger partial charge is 0.361 e. The number of aromatic amines is 2. The zero-order valence-electron chi connectivity index (χ0n) is 11.0. The number of nitrogens with zero attached hydrogens (tertiary/aromatic N) is 1. The van der Waals surface area contributed by atoms with Gasteiger partial charge in [-0.3, -0.25) is 0 Å². The molecular weight excluding hydrogens is 236 g/mol. The van der Waals surface area contributed by atoms with Crippen LogP contribution in [0, 0.1) is 0 Å². The molecule has 4 heteroatoms. The highest BCUT2D eigenvalue weighted by molar-refractivity contribution is 5.82. The van der Waals surface area contributed by atoms with Gasteiger partial charge in [-0.1, -0.05) is 25.1 Å². The number of hydrogen-bond donors (Lipinski definition) is 3. The molecule has 3 rings (SSSR count). The number of benzene rings is 1. The molecular formula is C15H18N4. The molecule has 3 N–H and O–H groups in total. The number of aromatic nitrogens is 3. The normalized spacial score (nSPS) is 12.9. The molecule has 1 aromatic carbocycles. The van der Waals surface area contributed by atoms with Crippen LogP contribution in [0.2, 0.25) is 0 Å². The van der Waals surface area contributed by atoms with Crippen molar-refractivity contribution in [3.8, 4) is 0 Å². The third kappa shape index (κ3) is 2.39. The van der Waals surface area contributed by atoms with E-state index in [1.54, 1.807) is 6.20 Å². The Morgan fingerprint density at radius 3 is 2.95 bits per heavy atom. The molecule has 0 amide bonds. The lowest BCUT2D eigenvalue weighted by molar-refractivity contribution is 0.499. The van der Waals surface area contributed by atoms with Gasteiger partial charge in [-0.25, -0.2) is 4.98 Å². The first-order valence-electron chi connectivity index (χ1n) is 6.66. The molecule has 2 heterocycles. The van der Waals surface area contributed by atoms with Gasteiger partial charge in [-0.15, -0.1) is 0 Å². The molecule has 0 bridgehead atoms. The van der Waals surface area contributed by atoms with Crippen molar-refractivity contribution < 1.29 is 0 Å². The number of H-pyrrole nitrogens is 2. The number of fused-ring (bicyclic) bond motifs is 1. The van der Waals surface area contributed by atoms with E-state index >= 15 is 0 Å². The number of para-hydroxylation sites is 1. The van der Waals surface area contributed by atoms with Gasteiger partial charge in [0.2, 0.25) is 0 Å². The van der Waals surface area contributed by atoms with Crippen LogP contribution in [0.4, 0.5) is 0 Å². The zero-order valence-corrected chi connectivity index (χ0v) is 11.0. The standard InChI is InChI=1S/C15H18N4/c1-2-13(15-16-7-8-17-15)18-9-11-10-19-14-6-4-3-5-12(11)14/h3-8,10,13,18-19H,2,9H2,1H3,(H,16,17). The number of imidazole rings is 1. The monoisotopic (exact) mass is 254 g/mol. The average Bonchev–Trinajstić information content (AvgIpc) is 3.09. The Hall–Kier alpha value is -2.07. The summed E-state index contributed by atoms with van der Waals surface area (Å²) in [4.78, 5) is 10.8. The second-order valence-electron chi connectivity index (χ2n) is 4.68. The molecule has 0 spiro atoms. The molecule has 0 aliphatic heterocycles. The van der Waals surface area contributed by atoms with Crippen LogP contribution in [0.1, 0.15) is 30.8 Å². The smallest absolute Gasteiger partial charge is 0.123 e. The molecule has 0 saturated heterocycles. The average molecular weight is 254 g/mol. The lowest BCUT2D eigenvalue weighted by Gasteiger charge is -2.14. The van der Waals surface area contributed by atoms with E-state index in [0.29, 0.717) is 0 Å². The van der Waals surface area contributed by atoms with Crippen molar-refractivity contribution in [1.82, 2.24) is 20.3 Å². The van der Waals surface area contributed by atoms with Crippen molar-refractivity contribution in [3.05, 3.63) is 54.2 Å². The molecule has 4 nitrogen and oxygen atoms in total. The third-order valence-corrected chi connectivity index (χ3v) is 3.47. The van der Waals surface area contributed by atoms with Crippen molar-refractivity contribution in [3.63, 3.8) is 0 Å². The van der Waals surface area contributed by atoms with Gasteiger partial charge in [0.05, 0.1) is 6.04 Å². The molecule has 19 heavy (non-hydrogen) atoms. The fourth-order valence-electron chi connectivity index (χ4n) is 2.41. The Bertz CT molecular complexity index is 639. The topological polar surface area (TPSA) is 56.5 Å². The zero-order chi connectivity index (χ0) is 13.1. The van der Waals surface area contributed by atoms with Crippen molar-refractivity contribution >= 4 is 10.9 Å². The summed E-state index contributed by atoms with van der Waals surface area (Å²) < 4.78 is 0. The molecule has 0 aliphatic carbocycles.